The fraction of sp³-hybridized carbons (Fsp3) is 0.235. The van der Waals surface area contributed by atoms with Gasteiger partial charge in [0.1, 0.15) is 12.4 Å². The number of benzene rings is 2. The van der Waals surface area contributed by atoms with Gasteiger partial charge in [0.2, 0.25) is 0 Å². The van der Waals surface area contributed by atoms with Crippen LogP contribution >= 0.6 is 0 Å². The average molecular weight is 295 g/mol. The first kappa shape index (κ1) is 13.2. The number of anilines is 2. The summed E-state index contributed by atoms with van der Waals surface area (Å²) in [6.07, 6.45) is 0. The quantitative estimate of drug-likeness (QED) is 0.796. The van der Waals surface area contributed by atoms with E-state index in [0.29, 0.717) is 12.2 Å². The molecule has 2 aliphatic heterocycles. The predicted octanol–water partition coefficient (Wildman–Crippen LogP) is 2.35. The first-order valence-electron chi connectivity index (χ1n) is 7.44. The first-order chi connectivity index (χ1) is 10.8. The summed E-state index contributed by atoms with van der Waals surface area (Å²) in [5.74, 6) is 0.687. The minimum atomic E-state index is -0.110. The molecule has 3 N–H and O–H groups in total. The number of carbonyl (C=O) groups excluding carboxylic acids is 1. The molecular formula is C17H17N3O2. The second-order valence-corrected chi connectivity index (χ2v) is 5.53. The van der Waals surface area contributed by atoms with E-state index < -0.39 is 0 Å². The third-order valence-electron chi connectivity index (χ3n) is 4.01. The van der Waals surface area contributed by atoms with Crippen LogP contribution in [0.15, 0.2) is 36.4 Å². The van der Waals surface area contributed by atoms with Gasteiger partial charge in [0.15, 0.2) is 0 Å². The Morgan fingerprint density at radius 1 is 1.09 bits per heavy atom. The number of carbonyl (C=O) groups is 1. The van der Waals surface area contributed by atoms with Crippen molar-refractivity contribution >= 4 is 17.3 Å². The van der Waals surface area contributed by atoms with Gasteiger partial charge in [-0.25, -0.2) is 0 Å². The van der Waals surface area contributed by atoms with Gasteiger partial charge in [-0.05, 0) is 41.5 Å². The summed E-state index contributed by atoms with van der Waals surface area (Å²) in [5, 5.41) is 9.50. The van der Waals surface area contributed by atoms with Gasteiger partial charge in [0, 0.05) is 30.9 Å². The minimum absolute atomic E-state index is 0.110. The molecule has 0 aromatic heterocycles. The Labute approximate surface area is 128 Å². The van der Waals surface area contributed by atoms with E-state index in [2.05, 4.69) is 22.0 Å². The normalized spacial score (nSPS) is 15.3. The third kappa shape index (κ3) is 2.40. The second kappa shape index (κ2) is 5.35. The van der Waals surface area contributed by atoms with Gasteiger partial charge in [-0.2, -0.15) is 0 Å². The molecule has 4 rings (SSSR count). The van der Waals surface area contributed by atoms with Gasteiger partial charge < -0.3 is 20.7 Å². The molecular weight excluding hydrogens is 278 g/mol. The van der Waals surface area contributed by atoms with Crippen LogP contribution in [0, 0.1) is 0 Å². The molecule has 0 atom stereocenters. The number of rotatable bonds is 2. The molecule has 0 spiro atoms. The molecule has 0 radical (unpaired) electrons. The Hall–Kier alpha value is -2.53. The lowest BCUT2D eigenvalue weighted by molar-refractivity contribution is 0.102. The number of fused-ring (bicyclic) bond motifs is 2. The van der Waals surface area contributed by atoms with E-state index in [1.807, 2.05) is 24.3 Å². The van der Waals surface area contributed by atoms with Crippen LogP contribution in [0.3, 0.4) is 0 Å². The highest BCUT2D eigenvalue weighted by Gasteiger charge is 2.15. The van der Waals surface area contributed by atoms with Crippen molar-refractivity contribution < 1.29 is 9.53 Å². The zero-order valence-electron chi connectivity index (χ0n) is 12.1. The van der Waals surface area contributed by atoms with Crippen LogP contribution in [-0.2, 0) is 13.1 Å². The standard InChI is InChI=1S/C17H17N3O2/c21-17(11-2-4-16-15(8-11)19-5-6-22-16)20-14-3-1-12-9-18-10-13(12)7-14/h1-4,7-8,18-19H,5-6,9-10H2,(H,20,21). The molecule has 0 saturated heterocycles. The van der Waals surface area contributed by atoms with Crippen molar-refractivity contribution in [2.45, 2.75) is 13.1 Å². The molecule has 5 nitrogen and oxygen atoms in total. The molecule has 0 fully saturated rings. The molecule has 0 bridgehead atoms. The van der Waals surface area contributed by atoms with Crippen molar-refractivity contribution in [3.05, 3.63) is 53.1 Å². The predicted molar refractivity (Wildman–Crippen MR) is 85.4 cm³/mol. The Bertz CT molecular complexity index is 743. The van der Waals surface area contributed by atoms with Gasteiger partial charge >= 0.3 is 0 Å². The lowest BCUT2D eigenvalue weighted by Gasteiger charge is -2.19. The fourth-order valence-corrected chi connectivity index (χ4v) is 2.86. The first-order valence-corrected chi connectivity index (χ1v) is 7.44. The zero-order valence-corrected chi connectivity index (χ0v) is 12.1. The monoisotopic (exact) mass is 295 g/mol. The molecule has 0 aliphatic carbocycles. The van der Waals surface area contributed by atoms with E-state index in [1.54, 1.807) is 6.07 Å². The highest BCUT2D eigenvalue weighted by atomic mass is 16.5. The summed E-state index contributed by atoms with van der Waals surface area (Å²) in [6, 6.07) is 11.5. The molecule has 0 unspecified atom stereocenters. The highest BCUT2D eigenvalue weighted by Crippen LogP contribution is 2.28. The topological polar surface area (TPSA) is 62.4 Å². The Kier molecular flexibility index (Phi) is 3.20. The number of amides is 1. The summed E-state index contributed by atoms with van der Waals surface area (Å²) in [6.45, 7) is 3.18. The van der Waals surface area contributed by atoms with E-state index in [0.717, 1.165) is 36.8 Å². The van der Waals surface area contributed by atoms with E-state index >= 15 is 0 Å². The van der Waals surface area contributed by atoms with Crippen LogP contribution in [0.1, 0.15) is 21.5 Å². The van der Waals surface area contributed by atoms with Crippen molar-refractivity contribution in [2.24, 2.45) is 0 Å². The SMILES string of the molecule is O=C(Nc1ccc2c(c1)CNC2)c1ccc2c(c1)NCCO2. The molecule has 1 amide bonds. The Balaban J connectivity index is 1.54. The lowest BCUT2D eigenvalue weighted by Crippen LogP contribution is -2.19. The highest BCUT2D eigenvalue weighted by molar-refractivity contribution is 6.05. The Morgan fingerprint density at radius 3 is 2.95 bits per heavy atom. The molecule has 112 valence electrons. The average Bonchev–Trinajstić information content (AvgIpc) is 3.02. The van der Waals surface area contributed by atoms with Gasteiger partial charge in [0.05, 0.1) is 5.69 Å². The maximum absolute atomic E-state index is 12.4. The maximum atomic E-state index is 12.4. The molecule has 22 heavy (non-hydrogen) atoms. The fourth-order valence-electron chi connectivity index (χ4n) is 2.86. The largest absolute Gasteiger partial charge is 0.490 e. The van der Waals surface area contributed by atoms with Crippen molar-refractivity contribution in [3.63, 3.8) is 0 Å². The molecule has 2 aliphatic rings. The Morgan fingerprint density at radius 2 is 2.00 bits per heavy atom. The third-order valence-corrected chi connectivity index (χ3v) is 4.01. The summed E-state index contributed by atoms with van der Waals surface area (Å²) in [4.78, 5) is 12.4. The second-order valence-electron chi connectivity index (χ2n) is 5.53. The van der Waals surface area contributed by atoms with Crippen LogP contribution in [0.5, 0.6) is 5.75 Å². The minimum Gasteiger partial charge on any atom is -0.490 e. The molecule has 2 aromatic carbocycles. The van der Waals surface area contributed by atoms with Crippen LogP contribution in [-0.4, -0.2) is 19.1 Å². The summed E-state index contributed by atoms with van der Waals surface area (Å²) in [7, 11) is 0. The number of hydrogen-bond donors (Lipinski definition) is 3. The van der Waals surface area contributed by atoms with E-state index in [4.69, 9.17) is 4.74 Å². The van der Waals surface area contributed by atoms with Crippen LogP contribution in [0.25, 0.3) is 0 Å². The van der Waals surface area contributed by atoms with E-state index in [1.165, 1.54) is 11.1 Å². The number of hydrogen-bond acceptors (Lipinski definition) is 4. The molecule has 0 saturated carbocycles. The summed E-state index contributed by atoms with van der Waals surface area (Å²) < 4.78 is 5.53. The summed E-state index contributed by atoms with van der Waals surface area (Å²) >= 11 is 0. The lowest BCUT2D eigenvalue weighted by atomic mass is 10.1. The number of nitrogens with one attached hydrogen (secondary N) is 3. The zero-order chi connectivity index (χ0) is 14.9. The van der Waals surface area contributed by atoms with Gasteiger partial charge in [-0.1, -0.05) is 6.07 Å². The van der Waals surface area contributed by atoms with Crippen LogP contribution in [0.4, 0.5) is 11.4 Å². The van der Waals surface area contributed by atoms with Gasteiger partial charge in [-0.15, -0.1) is 0 Å². The van der Waals surface area contributed by atoms with Crippen LogP contribution < -0.4 is 20.7 Å². The molecule has 2 aromatic rings. The van der Waals surface area contributed by atoms with Crippen molar-refractivity contribution in [2.75, 3.05) is 23.8 Å². The molecule has 2 heterocycles. The van der Waals surface area contributed by atoms with Crippen LogP contribution in [0.2, 0.25) is 0 Å². The van der Waals surface area contributed by atoms with Crippen molar-refractivity contribution in [3.8, 4) is 5.75 Å². The molecule has 5 heteroatoms. The van der Waals surface area contributed by atoms with Gasteiger partial charge in [0.25, 0.3) is 5.91 Å². The van der Waals surface area contributed by atoms with Gasteiger partial charge in [-0.3, -0.25) is 4.79 Å². The van der Waals surface area contributed by atoms with E-state index in [9.17, 15) is 4.79 Å². The van der Waals surface area contributed by atoms with Crippen molar-refractivity contribution in [1.82, 2.24) is 5.32 Å². The van der Waals surface area contributed by atoms with E-state index in [-0.39, 0.29) is 5.91 Å². The maximum Gasteiger partial charge on any atom is 0.255 e. The summed E-state index contributed by atoms with van der Waals surface area (Å²) in [5.41, 5.74) is 4.87. The smallest absolute Gasteiger partial charge is 0.255 e. The number of ether oxygens (including phenoxy) is 1. The van der Waals surface area contributed by atoms with Crippen molar-refractivity contribution in [1.29, 1.82) is 0 Å².